The molecule has 0 saturated heterocycles. The first-order chi connectivity index (χ1) is 9.61. The highest BCUT2D eigenvalue weighted by Gasteiger charge is 2.12. The molecule has 106 valence electrons. The molecule has 1 amide bonds. The Bertz CT molecular complexity index is 607. The van der Waals surface area contributed by atoms with Gasteiger partial charge in [-0.25, -0.2) is 0 Å². The molecule has 20 heavy (non-hydrogen) atoms. The molecule has 2 rings (SSSR count). The van der Waals surface area contributed by atoms with Crippen molar-refractivity contribution in [3.05, 3.63) is 45.4 Å². The van der Waals surface area contributed by atoms with Crippen molar-refractivity contribution in [2.75, 3.05) is 11.9 Å². The summed E-state index contributed by atoms with van der Waals surface area (Å²) >= 11 is 1.66. The summed E-state index contributed by atoms with van der Waals surface area (Å²) in [6.07, 6.45) is 1.63. The van der Waals surface area contributed by atoms with Crippen molar-refractivity contribution in [3.8, 4) is 0 Å². The number of anilines is 1. The van der Waals surface area contributed by atoms with Crippen LogP contribution in [0.5, 0.6) is 0 Å². The van der Waals surface area contributed by atoms with Crippen molar-refractivity contribution in [1.29, 1.82) is 0 Å². The zero-order valence-corrected chi connectivity index (χ0v) is 12.8. The molecular formula is C15H19N3OS. The average molecular weight is 289 g/mol. The molecule has 0 bridgehead atoms. The highest BCUT2D eigenvalue weighted by atomic mass is 32.1. The molecular weight excluding hydrogens is 270 g/mol. The minimum atomic E-state index is -0.0961. The van der Waals surface area contributed by atoms with E-state index in [4.69, 9.17) is 0 Å². The Kier molecular flexibility index (Phi) is 4.74. The molecule has 2 aromatic heterocycles. The number of nitrogens with zero attached hydrogens (tertiary/aromatic N) is 1. The van der Waals surface area contributed by atoms with Gasteiger partial charge in [0.2, 0.25) is 0 Å². The fourth-order valence-electron chi connectivity index (χ4n) is 1.92. The zero-order chi connectivity index (χ0) is 14.5. The summed E-state index contributed by atoms with van der Waals surface area (Å²) in [7, 11) is 0. The predicted molar refractivity (Wildman–Crippen MR) is 83.4 cm³/mol. The molecule has 0 aromatic carbocycles. The molecule has 0 saturated carbocycles. The molecule has 0 aliphatic rings. The van der Waals surface area contributed by atoms with Gasteiger partial charge in [0.25, 0.3) is 5.91 Å². The molecule has 5 heteroatoms. The molecule has 2 aromatic rings. The van der Waals surface area contributed by atoms with Gasteiger partial charge in [-0.1, -0.05) is 0 Å². The lowest BCUT2D eigenvalue weighted by atomic mass is 10.2. The van der Waals surface area contributed by atoms with Crippen molar-refractivity contribution in [2.45, 2.75) is 27.3 Å². The minimum absolute atomic E-state index is 0.0961. The highest BCUT2D eigenvalue weighted by molar-refractivity contribution is 7.10. The fourth-order valence-corrected chi connectivity index (χ4v) is 2.76. The third kappa shape index (κ3) is 3.36. The average Bonchev–Trinajstić information content (AvgIpc) is 2.82. The summed E-state index contributed by atoms with van der Waals surface area (Å²) in [6.45, 7) is 7.30. The van der Waals surface area contributed by atoms with Crippen LogP contribution in [0.15, 0.2) is 23.7 Å². The number of thiophene rings is 1. The largest absolute Gasteiger partial charge is 0.385 e. The maximum Gasteiger partial charge on any atom is 0.255 e. The molecule has 0 atom stereocenters. The standard InChI is InChI=1S/C15H19N3OS/c1-4-16-13-7-11(3)17-8-12(13)15(19)18-9-14-10(2)5-6-20-14/h5-8H,4,9H2,1-3H3,(H,16,17)(H,18,19). The van der Waals surface area contributed by atoms with Gasteiger partial charge in [0.15, 0.2) is 0 Å². The summed E-state index contributed by atoms with van der Waals surface area (Å²) in [4.78, 5) is 17.7. The lowest BCUT2D eigenvalue weighted by molar-refractivity contribution is 0.0951. The lowest BCUT2D eigenvalue weighted by Gasteiger charge is -2.11. The van der Waals surface area contributed by atoms with Crippen molar-refractivity contribution >= 4 is 22.9 Å². The van der Waals surface area contributed by atoms with Crippen LogP contribution in [0.2, 0.25) is 0 Å². The summed E-state index contributed by atoms with van der Waals surface area (Å²) in [5.74, 6) is -0.0961. The smallest absolute Gasteiger partial charge is 0.255 e. The number of nitrogens with one attached hydrogen (secondary N) is 2. The SMILES string of the molecule is CCNc1cc(C)ncc1C(=O)NCc1sccc1C. The Morgan fingerprint density at radius 3 is 2.85 bits per heavy atom. The normalized spacial score (nSPS) is 10.3. The van der Waals surface area contributed by atoms with E-state index in [9.17, 15) is 4.79 Å². The summed E-state index contributed by atoms with van der Waals surface area (Å²) in [6, 6.07) is 3.96. The first-order valence-electron chi connectivity index (χ1n) is 6.63. The van der Waals surface area contributed by atoms with E-state index < -0.39 is 0 Å². The summed E-state index contributed by atoms with van der Waals surface area (Å²) in [5, 5.41) is 8.19. The number of hydrogen-bond acceptors (Lipinski definition) is 4. The number of rotatable bonds is 5. The molecule has 2 N–H and O–H groups in total. The van der Waals surface area contributed by atoms with Crippen LogP contribution in [-0.2, 0) is 6.54 Å². The first kappa shape index (κ1) is 14.5. The minimum Gasteiger partial charge on any atom is -0.385 e. The van der Waals surface area contributed by atoms with E-state index in [0.717, 1.165) is 17.9 Å². The van der Waals surface area contributed by atoms with Crippen LogP contribution in [0.1, 0.15) is 33.4 Å². The van der Waals surface area contributed by atoms with E-state index in [1.807, 2.05) is 25.3 Å². The number of carbonyl (C=O) groups excluding carboxylic acids is 1. The van der Waals surface area contributed by atoms with Gasteiger partial charge < -0.3 is 10.6 Å². The van der Waals surface area contributed by atoms with Crippen LogP contribution < -0.4 is 10.6 Å². The van der Waals surface area contributed by atoms with Crippen LogP contribution in [-0.4, -0.2) is 17.4 Å². The number of carbonyl (C=O) groups is 1. The summed E-state index contributed by atoms with van der Waals surface area (Å²) in [5.41, 5.74) is 3.53. The van der Waals surface area contributed by atoms with Crippen LogP contribution in [0.3, 0.4) is 0 Å². The van der Waals surface area contributed by atoms with Gasteiger partial charge in [-0.15, -0.1) is 11.3 Å². The van der Waals surface area contributed by atoms with Crippen LogP contribution in [0, 0.1) is 13.8 Å². The van der Waals surface area contributed by atoms with E-state index in [-0.39, 0.29) is 5.91 Å². The zero-order valence-electron chi connectivity index (χ0n) is 12.0. The van der Waals surface area contributed by atoms with Crippen molar-refractivity contribution < 1.29 is 4.79 Å². The Hall–Kier alpha value is -1.88. The maximum absolute atomic E-state index is 12.3. The second-order valence-corrected chi connectivity index (χ2v) is 5.61. The molecule has 2 heterocycles. The second-order valence-electron chi connectivity index (χ2n) is 4.61. The predicted octanol–water partition coefficient (Wildman–Crippen LogP) is 3.12. The van der Waals surface area contributed by atoms with Crippen LogP contribution in [0.4, 0.5) is 5.69 Å². The molecule has 0 aliphatic heterocycles. The van der Waals surface area contributed by atoms with Gasteiger partial charge in [0.1, 0.15) is 0 Å². The molecule has 0 radical (unpaired) electrons. The van der Waals surface area contributed by atoms with Crippen molar-refractivity contribution in [3.63, 3.8) is 0 Å². The lowest BCUT2D eigenvalue weighted by Crippen LogP contribution is -2.24. The molecule has 0 aliphatic carbocycles. The third-order valence-corrected chi connectivity index (χ3v) is 4.05. The van der Waals surface area contributed by atoms with E-state index in [0.29, 0.717) is 12.1 Å². The highest BCUT2D eigenvalue weighted by Crippen LogP contribution is 2.17. The molecule has 0 fully saturated rings. The Morgan fingerprint density at radius 2 is 2.20 bits per heavy atom. The van der Waals surface area contributed by atoms with Crippen LogP contribution in [0.25, 0.3) is 0 Å². The first-order valence-corrected chi connectivity index (χ1v) is 7.51. The number of aromatic nitrogens is 1. The van der Waals surface area contributed by atoms with E-state index in [1.54, 1.807) is 17.5 Å². The van der Waals surface area contributed by atoms with Gasteiger partial charge in [0.05, 0.1) is 17.8 Å². The number of amides is 1. The molecule has 0 spiro atoms. The topological polar surface area (TPSA) is 54.0 Å². The van der Waals surface area contributed by atoms with E-state index in [1.165, 1.54) is 10.4 Å². The number of pyridine rings is 1. The molecule has 0 unspecified atom stereocenters. The van der Waals surface area contributed by atoms with Crippen LogP contribution >= 0.6 is 11.3 Å². The second kappa shape index (κ2) is 6.52. The Balaban J connectivity index is 2.11. The quantitative estimate of drug-likeness (QED) is 0.889. The van der Waals surface area contributed by atoms with E-state index >= 15 is 0 Å². The fraction of sp³-hybridized carbons (Fsp3) is 0.333. The monoisotopic (exact) mass is 289 g/mol. The van der Waals surface area contributed by atoms with Gasteiger partial charge in [0, 0.05) is 23.3 Å². The maximum atomic E-state index is 12.3. The van der Waals surface area contributed by atoms with Gasteiger partial charge in [-0.3, -0.25) is 9.78 Å². The Labute approximate surface area is 123 Å². The third-order valence-electron chi connectivity index (χ3n) is 3.03. The molecule has 4 nitrogen and oxygen atoms in total. The van der Waals surface area contributed by atoms with E-state index in [2.05, 4.69) is 28.6 Å². The Morgan fingerprint density at radius 1 is 1.40 bits per heavy atom. The summed E-state index contributed by atoms with van der Waals surface area (Å²) < 4.78 is 0. The van der Waals surface area contributed by atoms with Gasteiger partial charge >= 0.3 is 0 Å². The van der Waals surface area contributed by atoms with Gasteiger partial charge in [-0.2, -0.15) is 0 Å². The number of hydrogen-bond donors (Lipinski definition) is 2. The number of aryl methyl sites for hydroxylation is 2. The van der Waals surface area contributed by atoms with Crippen molar-refractivity contribution in [2.24, 2.45) is 0 Å². The van der Waals surface area contributed by atoms with Crippen molar-refractivity contribution in [1.82, 2.24) is 10.3 Å². The van der Waals surface area contributed by atoms with Gasteiger partial charge in [-0.05, 0) is 43.8 Å².